The number of ether oxygens (including phenoxy) is 2. The first kappa shape index (κ1) is 65.9. The zero-order valence-electron chi connectivity index (χ0n) is 45.6. The molecule has 1 saturated heterocycles. The van der Waals surface area contributed by atoms with Gasteiger partial charge in [-0.15, -0.1) is 0 Å². The molecule has 7 atom stereocenters. The lowest BCUT2D eigenvalue weighted by molar-refractivity contribution is -0.302. The molecule has 0 saturated carbocycles. The van der Waals surface area contributed by atoms with Crippen molar-refractivity contribution in [3.8, 4) is 0 Å². The van der Waals surface area contributed by atoms with Gasteiger partial charge in [-0.1, -0.05) is 296 Å². The minimum Gasteiger partial charge on any atom is -0.394 e. The molecule has 410 valence electrons. The Kier molecular flexibility index (Phi) is 48.2. The summed E-state index contributed by atoms with van der Waals surface area (Å²) in [5, 5.41) is 54.5. The van der Waals surface area contributed by atoms with E-state index in [1.165, 1.54) is 250 Å². The van der Waals surface area contributed by atoms with Crippen LogP contribution < -0.4 is 5.32 Å². The predicted octanol–water partition coefficient (Wildman–Crippen LogP) is 15.2. The number of nitrogens with one attached hydrogen (secondary N) is 1. The van der Waals surface area contributed by atoms with E-state index in [4.69, 9.17) is 9.47 Å². The van der Waals surface area contributed by atoms with Crippen LogP contribution in [-0.2, 0) is 14.3 Å². The number of carbonyl (C=O) groups is 1. The largest absolute Gasteiger partial charge is 0.394 e. The topological polar surface area (TPSA) is 149 Å². The number of rotatable bonds is 53. The molecular formula is C60H117NO8. The summed E-state index contributed by atoms with van der Waals surface area (Å²) in [4.78, 5) is 13.1. The summed E-state index contributed by atoms with van der Waals surface area (Å²) in [5.41, 5.74) is 0. The van der Waals surface area contributed by atoms with Gasteiger partial charge in [-0.25, -0.2) is 0 Å². The summed E-state index contributed by atoms with van der Waals surface area (Å²) in [6.45, 7) is 3.82. The SMILES string of the molecule is CCCCCCCCCCCCCCC/C=C/[C@@H](O)[C@H](CO[C@@H]1O[C@H](CO)[C@H](O)C(O)C1O)NC(=O)CCCCCCCCCCCCCCCCCCCCCCCCCCCCCCCCC. The highest BCUT2D eigenvalue weighted by Crippen LogP contribution is 2.23. The van der Waals surface area contributed by atoms with Crippen LogP contribution in [0.15, 0.2) is 12.2 Å². The quantitative estimate of drug-likeness (QED) is 0.0261. The van der Waals surface area contributed by atoms with Gasteiger partial charge in [0.1, 0.15) is 24.4 Å². The zero-order valence-corrected chi connectivity index (χ0v) is 45.6. The Bertz CT molecular complexity index is 1090. The molecule has 6 N–H and O–H groups in total. The predicted molar refractivity (Wildman–Crippen MR) is 291 cm³/mol. The van der Waals surface area contributed by atoms with Crippen LogP contribution in [0.4, 0.5) is 0 Å². The summed E-state index contributed by atoms with van der Waals surface area (Å²) in [6, 6.07) is -0.800. The summed E-state index contributed by atoms with van der Waals surface area (Å²) in [6.07, 6.45) is 55.9. The molecule has 0 bridgehead atoms. The molecule has 0 spiro atoms. The number of hydrogen-bond acceptors (Lipinski definition) is 8. The van der Waals surface area contributed by atoms with Gasteiger partial charge in [-0.2, -0.15) is 0 Å². The van der Waals surface area contributed by atoms with Crippen molar-refractivity contribution in [3.63, 3.8) is 0 Å². The highest BCUT2D eigenvalue weighted by Gasteiger charge is 2.44. The second-order valence-electron chi connectivity index (χ2n) is 21.5. The number of carbonyl (C=O) groups excluding carboxylic acids is 1. The molecule has 2 unspecified atom stereocenters. The standard InChI is InChI=1S/C60H117NO8/c1-3-5-7-9-11-13-15-17-19-20-21-22-23-24-25-26-27-28-29-30-31-32-33-34-36-38-40-42-44-46-48-50-56(64)61-53(52-68-60-59(67)58(66)57(65)55(51-62)69-60)54(63)49-47-45-43-41-39-37-35-18-16-14-12-10-8-6-4-2/h47,49,53-55,57-60,62-63,65-67H,3-46,48,50-52H2,1-2H3,(H,61,64)/b49-47+/t53-,54+,55+,57-,58?,59?,60+/m0/s1. The molecule has 0 aromatic heterocycles. The molecule has 0 radical (unpaired) electrons. The number of aliphatic hydroxyl groups excluding tert-OH is 5. The highest BCUT2D eigenvalue weighted by molar-refractivity contribution is 5.76. The first-order valence-electron chi connectivity index (χ1n) is 30.4. The van der Waals surface area contributed by atoms with Crippen molar-refractivity contribution >= 4 is 5.91 Å². The van der Waals surface area contributed by atoms with Crippen LogP contribution in [-0.4, -0.2) is 87.5 Å². The lowest BCUT2D eigenvalue weighted by Gasteiger charge is -2.40. The fraction of sp³-hybridized carbons (Fsp3) is 0.950. The fourth-order valence-corrected chi connectivity index (χ4v) is 10.0. The zero-order chi connectivity index (χ0) is 50.1. The molecule has 69 heavy (non-hydrogen) atoms. The van der Waals surface area contributed by atoms with E-state index >= 15 is 0 Å². The molecule has 0 aromatic carbocycles. The van der Waals surface area contributed by atoms with Crippen LogP contribution in [0.1, 0.15) is 309 Å². The van der Waals surface area contributed by atoms with Crippen molar-refractivity contribution in [1.82, 2.24) is 5.32 Å². The number of aliphatic hydroxyl groups is 5. The molecule has 1 amide bonds. The molecular weight excluding hydrogens is 863 g/mol. The molecule has 1 fully saturated rings. The van der Waals surface area contributed by atoms with Gasteiger partial charge in [0.25, 0.3) is 0 Å². The average molecular weight is 981 g/mol. The molecule has 0 aromatic rings. The van der Waals surface area contributed by atoms with E-state index in [0.717, 1.165) is 38.5 Å². The van der Waals surface area contributed by atoms with E-state index in [-0.39, 0.29) is 12.5 Å². The van der Waals surface area contributed by atoms with Crippen molar-refractivity contribution in [3.05, 3.63) is 12.2 Å². The van der Waals surface area contributed by atoms with Crippen LogP contribution in [0.25, 0.3) is 0 Å². The van der Waals surface area contributed by atoms with Crippen molar-refractivity contribution in [2.45, 2.75) is 352 Å². The van der Waals surface area contributed by atoms with Gasteiger partial charge in [-0.3, -0.25) is 4.79 Å². The summed E-state index contributed by atoms with van der Waals surface area (Å²) < 4.78 is 11.3. The Morgan fingerprint density at radius 2 is 0.797 bits per heavy atom. The molecule has 9 nitrogen and oxygen atoms in total. The first-order valence-corrected chi connectivity index (χ1v) is 30.4. The van der Waals surface area contributed by atoms with Gasteiger partial charge in [0.15, 0.2) is 6.29 Å². The molecule has 1 aliphatic rings. The second kappa shape index (κ2) is 50.5. The lowest BCUT2D eigenvalue weighted by atomic mass is 9.99. The van der Waals surface area contributed by atoms with Crippen molar-refractivity contribution < 1.29 is 39.8 Å². The van der Waals surface area contributed by atoms with E-state index in [1.54, 1.807) is 6.08 Å². The van der Waals surface area contributed by atoms with Crippen molar-refractivity contribution in [1.29, 1.82) is 0 Å². The highest BCUT2D eigenvalue weighted by atomic mass is 16.7. The van der Waals surface area contributed by atoms with Gasteiger partial charge in [-0.05, 0) is 19.3 Å². The minimum atomic E-state index is -1.56. The molecule has 1 heterocycles. The molecule has 9 heteroatoms. The van der Waals surface area contributed by atoms with E-state index in [0.29, 0.717) is 6.42 Å². The van der Waals surface area contributed by atoms with E-state index in [1.807, 2.05) is 6.08 Å². The smallest absolute Gasteiger partial charge is 0.220 e. The van der Waals surface area contributed by atoms with Gasteiger partial charge in [0.05, 0.1) is 25.4 Å². The lowest BCUT2D eigenvalue weighted by Crippen LogP contribution is -2.60. The Hall–Kier alpha value is -1.07. The van der Waals surface area contributed by atoms with Crippen molar-refractivity contribution in [2.24, 2.45) is 0 Å². The normalized spacial score (nSPS) is 19.4. The third kappa shape index (κ3) is 40.1. The first-order chi connectivity index (χ1) is 33.8. The van der Waals surface area contributed by atoms with E-state index in [9.17, 15) is 30.3 Å². The Balaban J connectivity index is 2.11. The second-order valence-corrected chi connectivity index (χ2v) is 21.5. The van der Waals surface area contributed by atoms with Crippen LogP contribution in [0.3, 0.4) is 0 Å². The molecule has 1 rings (SSSR count). The Morgan fingerprint density at radius 1 is 0.478 bits per heavy atom. The number of amides is 1. The maximum absolute atomic E-state index is 13.1. The number of unbranched alkanes of at least 4 members (excludes halogenated alkanes) is 43. The average Bonchev–Trinajstić information content (AvgIpc) is 3.35. The molecule has 0 aliphatic carbocycles. The minimum absolute atomic E-state index is 0.170. The van der Waals surface area contributed by atoms with Gasteiger partial charge in [0.2, 0.25) is 5.91 Å². The third-order valence-corrected chi connectivity index (χ3v) is 14.9. The summed E-state index contributed by atoms with van der Waals surface area (Å²) in [7, 11) is 0. The fourth-order valence-electron chi connectivity index (χ4n) is 10.0. The Labute approximate surface area is 426 Å². The van der Waals surface area contributed by atoms with Crippen LogP contribution in [0.5, 0.6) is 0 Å². The van der Waals surface area contributed by atoms with E-state index < -0.39 is 49.5 Å². The number of hydrogen-bond donors (Lipinski definition) is 6. The maximum atomic E-state index is 13.1. The Morgan fingerprint density at radius 3 is 1.13 bits per heavy atom. The van der Waals surface area contributed by atoms with E-state index in [2.05, 4.69) is 19.2 Å². The number of allylic oxidation sites excluding steroid dienone is 1. The molecule has 1 aliphatic heterocycles. The summed E-state index contributed by atoms with van der Waals surface area (Å²) in [5.74, 6) is -0.170. The van der Waals surface area contributed by atoms with Crippen LogP contribution in [0.2, 0.25) is 0 Å². The van der Waals surface area contributed by atoms with Gasteiger partial charge >= 0.3 is 0 Å². The van der Waals surface area contributed by atoms with Crippen LogP contribution in [0, 0.1) is 0 Å². The summed E-state index contributed by atoms with van der Waals surface area (Å²) >= 11 is 0. The maximum Gasteiger partial charge on any atom is 0.220 e. The monoisotopic (exact) mass is 980 g/mol. The third-order valence-electron chi connectivity index (χ3n) is 14.9. The van der Waals surface area contributed by atoms with Gasteiger partial charge < -0.3 is 40.3 Å². The van der Waals surface area contributed by atoms with Crippen LogP contribution >= 0.6 is 0 Å². The van der Waals surface area contributed by atoms with Gasteiger partial charge in [0, 0.05) is 6.42 Å². The van der Waals surface area contributed by atoms with Crippen molar-refractivity contribution in [2.75, 3.05) is 13.2 Å².